The predicted octanol–water partition coefficient (Wildman–Crippen LogP) is 9.57. The van der Waals surface area contributed by atoms with Crippen molar-refractivity contribution in [3.05, 3.63) is 107 Å². The number of hydrogen-bond donors (Lipinski definition) is 0. The molecule has 1 heterocycles. The van der Waals surface area contributed by atoms with Crippen molar-refractivity contribution >= 4 is 8.80 Å². The molecule has 1 aliphatic heterocycles. The van der Waals surface area contributed by atoms with E-state index in [1.807, 2.05) is 18.2 Å². The maximum Gasteiger partial charge on any atom is 0.131 e. The lowest BCUT2D eigenvalue weighted by Gasteiger charge is -2.27. The maximum atomic E-state index is 14.9. The van der Waals surface area contributed by atoms with Crippen LogP contribution in [-0.4, -0.2) is 8.80 Å². The number of halogens is 1. The Labute approximate surface area is 213 Å². The molecular weight excluding hydrogens is 443 g/mol. The van der Waals surface area contributed by atoms with E-state index in [9.17, 15) is 4.39 Å². The zero-order chi connectivity index (χ0) is 24.5. The van der Waals surface area contributed by atoms with Crippen LogP contribution in [0, 0.1) is 5.82 Å². The summed E-state index contributed by atoms with van der Waals surface area (Å²) in [4.78, 5) is 0. The fourth-order valence-corrected chi connectivity index (χ4v) is 8.23. The molecule has 0 nitrogen and oxygen atoms in total. The van der Waals surface area contributed by atoms with Crippen molar-refractivity contribution < 1.29 is 4.39 Å². The van der Waals surface area contributed by atoms with Crippen LogP contribution in [0.5, 0.6) is 0 Å². The fraction of sp³-hybridized carbons (Fsp3) is 0.394. The SMILES string of the molecule is C/C=C/CC[Si]1CCC(c2ccc(CCc3ccc(-c4ccc(CCC)cc4)c(F)c3)cc2)CC1. The van der Waals surface area contributed by atoms with Gasteiger partial charge in [0.05, 0.1) is 0 Å². The molecule has 0 unspecified atom stereocenters. The average molecular weight is 484 g/mol. The summed E-state index contributed by atoms with van der Waals surface area (Å²) in [6.45, 7) is 4.31. The molecule has 4 rings (SSSR count). The van der Waals surface area contributed by atoms with Crippen molar-refractivity contribution in [1.82, 2.24) is 0 Å². The second kappa shape index (κ2) is 13.0. The van der Waals surface area contributed by atoms with Gasteiger partial charge in [0, 0.05) is 14.4 Å². The molecule has 1 fully saturated rings. The number of benzene rings is 3. The van der Waals surface area contributed by atoms with Crippen LogP contribution in [0.15, 0.2) is 78.9 Å². The third-order valence-corrected chi connectivity index (χ3v) is 10.6. The highest BCUT2D eigenvalue weighted by Crippen LogP contribution is 2.35. The normalized spacial score (nSPS) is 15.2. The van der Waals surface area contributed by atoms with Crippen LogP contribution in [0.2, 0.25) is 18.1 Å². The molecule has 35 heavy (non-hydrogen) atoms. The smallest absolute Gasteiger partial charge is 0.131 e. The summed E-state index contributed by atoms with van der Waals surface area (Å²) >= 11 is 0. The van der Waals surface area contributed by atoms with Gasteiger partial charge in [-0.05, 0) is 85.3 Å². The topological polar surface area (TPSA) is 0 Å². The van der Waals surface area contributed by atoms with E-state index in [4.69, 9.17) is 0 Å². The van der Waals surface area contributed by atoms with Gasteiger partial charge in [-0.1, -0.05) is 104 Å². The third-order valence-electron chi connectivity index (χ3n) is 7.58. The fourth-order valence-electron chi connectivity index (χ4n) is 5.40. The average Bonchev–Trinajstić information content (AvgIpc) is 2.89. The van der Waals surface area contributed by atoms with E-state index in [1.165, 1.54) is 54.1 Å². The Kier molecular flexibility index (Phi) is 9.54. The van der Waals surface area contributed by atoms with E-state index in [2.05, 4.69) is 68.5 Å². The van der Waals surface area contributed by atoms with E-state index in [0.717, 1.165) is 42.7 Å². The van der Waals surface area contributed by atoms with Gasteiger partial charge in [0.2, 0.25) is 0 Å². The van der Waals surface area contributed by atoms with Crippen LogP contribution >= 0.6 is 0 Å². The van der Waals surface area contributed by atoms with Crippen LogP contribution in [-0.2, 0) is 19.3 Å². The Bertz CT molecular complexity index is 1070. The monoisotopic (exact) mass is 483 g/mol. The van der Waals surface area contributed by atoms with Gasteiger partial charge in [-0.25, -0.2) is 4.39 Å². The first-order valence-corrected chi connectivity index (χ1v) is 15.7. The summed E-state index contributed by atoms with van der Waals surface area (Å²) in [6, 6.07) is 27.8. The lowest BCUT2D eigenvalue weighted by atomic mass is 9.92. The highest BCUT2D eigenvalue weighted by atomic mass is 28.3. The Morgan fingerprint density at radius 2 is 1.46 bits per heavy atom. The lowest BCUT2D eigenvalue weighted by molar-refractivity contribution is 0.606. The van der Waals surface area contributed by atoms with E-state index < -0.39 is 0 Å². The molecule has 0 atom stereocenters. The Balaban J connectivity index is 1.28. The van der Waals surface area contributed by atoms with Gasteiger partial charge in [0.25, 0.3) is 0 Å². The minimum Gasteiger partial charge on any atom is -0.206 e. The van der Waals surface area contributed by atoms with Crippen molar-refractivity contribution in [2.24, 2.45) is 0 Å². The van der Waals surface area contributed by atoms with Gasteiger partial charge in [0.1, 0.15) is 5.82 Å². The van der Waals surface area contributed by atoms with Gasteiger partial charge >= 0.3 is 0 Å². The van der Waals surface area contributed by atoms with E-state index in [0.29, 0.717) is 5.56 Å². The highest BCUT2D eigenvalue weighted by molar-refractivity contribution is 6.59. The molecule has 0 spiro atoms. The van der Waals surface area contributed by atoms with Crippen LogP contribution in [0.25, 0.3) is 11.1 Å². The van der Waals surface area contributed by atoms with Crippen molar-refractivity contribution in [3.63, 3.8) is 0 Å². The molecule has 0 N–H and O–H groups in total. The lowest BCUT2D eigenvalue weighted by Crippen LogP contribution is -2.20. The molecule has 1 saturated heterocycles. The first-order valence-electron chi connectivity index (χ1n) is 13.6. The minimum absolute atomic E-state index is 0.117. The number of rotatable bonds is 10. The largest absolute Gasteiger partial charge is 0.206 e. The predicted molar refractivity (Wildman–Crippen MR) is 151 cm³/mol. The summed E-state index contributed by atoms with van der Waals surface area (Å²) in [5.41, 5.74) is 6.89. The standard InChI is InChI=1S/C33H40FSi/c1-3-5-6-22-35-23-20-30(21-24-35)29-15-10-27(11-16-29)8-9-28-14-19-32(33(34)25-28)31-17-12-26(7-4-2)13-18-31/h3,5,10-19,25,30H,4,6-9,20-24H2,1-2H3/b5-3+. The van der Waals surface area contributed by atoms with Gasteiger partial charge < -0.3 is 0 Å². The number of hydrogen-bond acceptors (Lipinski definition) is 0. The van der Waals surface area contributed by atoms with E-state index in [1.54, 1.807) is 6.07 Å². The van der Waals surface area contributed by atoms with Gasteiger partial charge in [-0.3, -0.25) is 0 Å². The molecule has 1 aliphatic rings. The van der Waals surface area contributed by atoms with E-state index >= 15 is 0 Å². The van der Waals surface area contributed by atoms with Crippen LogP contribution < -0.4 is 0 Å². The zero-order valence-corrected chi connectivity index (χ0v) is 22.5. The van der Waals surface area contributed by atoms with Crippen molar-refractivity contribution in [2.45, 2.75) is 82.8 Å². The quantitative estimate of drug-likeness (QED) is 0.199. The number of aryl methyl sites for hydroxylation is 3. The number of allylic oxidation sites excluding steroid dienone is 2. The molecule has 183 valence electrons. The summed E-state index contributed by atoms with van der Waals surface area (Å²) in [6.07, 6.45) is 12.6. The Hall–Kier alpha value is -2.45. The molecular formula is C33H40FSi. The minimum atomic E-state index is -0.120. The summed E-state index contributed by atoms with van der Waals surface area (Å²) < 4.78 is 14.9. The van der Waals surface area contributed by atoms with Crippen LogP contribution in [0.1, 0.15) is 67.7 Å². The molecule has 0 saturated carbocycles. The van der Waals surface area contributed by atoms with Gasteiger partial charge in [0.15, 0.2) is 0 Å². The molecule has 0 amide bonds. The first-order chi connectivity index (χ1) is 17.2. The molecule has 2 heteroatoms. The first kappa shape index (κ1) is 25.6. The Morgan fingerprint density at radius 3 is 2.11 bits per heavy atom. The molecule has 0 aliphatic carbocycles. The van der Waals surface area contributed by atoms with Crippen LogP contribution in [0.3, 0.4) is 0 Å². The van der Waals surface area contributed by atoms with Gasteiger partial charge in [-0.2, -0.15) is 0 Å². The third kappa shape index (κ3) is 7.27. The summed E-state index contributed by atoms with van der Waals surface area (Å²) in [5, 5.41) is 0. The summed E-state index contributed by atoms with van der Waals surface area (Å²) in [7, 11) is -0.117. The zero-order valence-electron chi connectivity index (χ0n) is 21.5. The second-order valence-electron chi connectivity index (χ2n) is 10.1. The molecule has 0 bridgehead atoms. The second-order valence-corrected chi connectivity index (χ2v) is 13.1. The van der Waals surface area contributed by atoms with Crippen LogP contribution in [0.4, 0.5) is 4.39 Å². The van der Waals surface area contributed by atoms with Crippen molar-refractivity contribution in [3.8, 4) is 11.1 Å². The van der Waals surface area contributed by atoms with Crippen molar-refractivity contribution in [2.75, 3.05) is 0 Å². The summed E-state index contributed by atoms with van der Waals surface area (Å²) in [5.74, 6) is 0.627. The Morgan fingerprint density at radius 1 is 0.829 bits per heavy atom. The van der Waals surface area contributed by atoms with Gasteiger partial charge in [-0.15, -0.1) is 0 Å². The molecule has 1 radical (unpaired) electrons. The molecule has 0 aromatic heterocycles. The molecule has 3 aromatic carbocycles. The highest BCUT2D eigenvalue weighted by Gasteiger charge is 2.23. The van der Waals surface area contributed by atoms with Crippen molar-refractivity contribution in [1.29, 1.82) is 0 Å². The van der Waals surface area contributed by atoms with E-state index in [-0.39, 0.29) is 14.6 Å². The maximum absolute atomic E-state index is 14.9. The molecule has 3 aromatic rings.